The van der Waals surface area contributed by atoms with Gasteiger partial charge < -0.3 is 10.5 Å². The highest BCUT2D eigenvalue weighted by Crippen LogP contribution is 2.42. The first-order chi connectivity index (χ1) is 17.6. The quantitative estimate of drug-likeness (QED) is 0.366. The first-order valence-electron chi connectivity index (χ1n) is 11.0. The van der Waals surface area contributed by atoms with Crippen molar-refractivity contribution in [2.75, 3.05) is 17.2 Å². The molecular weight excluding hydrogens is 511 g/mol. The molecule has 2 N–H and O–H groups in total. The molecular formula is C24H17ClF3N7O2. The lowest BCUT2D eigenvalue weighted by Gasteiger charge is -2.27. The maximum Gasteiger partial charge on any atom is 0.416 e. The SMILES string of the molecule is Cn1cc(N(C(=O)c2cc3c(cc2Cl)nc(N)c2cncn23)[C@@H]2COc3cc(C(F)(F)F)ccc32)cn1. The van der Waals surface area contributed by atoms with Gasteiger partial charge in [0, 0.05) is 18.8 Å². The van der Waals surface area contributed by atoms with Crippen molar-refractivity contribution in [3.8, 4) is 5.75 Å². The molecule has 0 fully saturated rings. The summed E-state index contributed by atoms with van der Waals surface area (Å²) in [7, 11) is 1.69. The summed E-state index contributed by atoms with van der Waals surface area (Å²) in [6.45, 7) is -0.0493. The van der Waals surface area contributed by atoms with Crippen molar-refractivity contribution < 1.29 is 22.7 Å². The first-order valence-corrected chi connectivity index (χ1v) is 11.4. The lowest BCUT2D eigenvalue weighted by Crippen LogP contribution is -2.36. The Bertz CT molecular complexity index is 1710. The molecule has 1 aliphatic heterocycles. The Hall–Kier alpha value is -4.32. The van der Waals surface area contributed by atoms with Crippen LogP contribution in [0.1, 0.15) is 27.5 Å². The summed E-state index contributed by atoms with van der Waals surface area (Å²) >= 11 is 6.56. The molecule has 3 aromatic heterocycles. The molecule has 5 aromatic rings. The van der Waals surface area contributed by atoms with E-state index in [9.17, 15) is 18.0 Å². The number of rotatable bonds is 3. The molecule has 0 spiro atoms. The molecule has 0 bridgehead atoms. The number of fused-ring (bicyclic) bond motifs is 4. The van der Waals surface area contributed by atoms with Gasteiger partial charge in [-0.05, 0) is 24.3 Å². The smallest absolute Gasteiger partial charge is 0.416 e. The summed E-state index contributed by atoms with van der Waals surface area (Å²) < 4.78 is 48.6. The minimum atomic E-state index is -4.52. The molecule has 1 aliphatic rings. The van der Waals surface area contributed by atoms with Crippen LogP contribution in [0.15, 0.2) is 55.2 Å². The highest BCUT2D eigenvalue weighted by Gasteiger charge is 2.38. The number of halogens is 4. The number of alkyl halides is 3. The maximum atomic E-state index is 14.1. The van der Waals surface area contributed by atoms with Crippen molar-refractivity contribution in [2.24, 2.45) is 7.05 Å². The van der Waals surface area contributed by atoms with E-state index >= 15 is 0 Å². The fourth-order valence-electron chi connectivity index (χ4n) is 4.55. The van der Waals surface area contributed by atoms with Crippen molar-refractivity contribution in [3.05, 3.63) is 77.0 Å². The topological polar surface area (TPSA) is 104 Å². The minimum absolute atomic E-state index is 0.0493. The van der Waals surface area contributed by atoms with Gasteiger partial charge in [-0.1, -0.05) is 17.7 Å². The molecule has 0 saturated carbocycles. The van der Waals surface area contributed by atoms with E-state index in [1.54, 1.807) is 36.2 Å². The number of ether oxygens (including phenoxy) is 1. The van der Waals surface area contributed by atoms with Gasteiger partial charge in [-0.2, -0.15) is 18.3 Å². The Morgan fingerprint density at radius 3 is 2.76 bits per heavy atom. The Morgan fingerprint density at radius 1 is 1.22 bits per heavy atom. The Labute approximate surface area is 211 Å². The molecule has 1 atom stereocenters. The van der Waals surface area contributed by atoms with E-state index in [-0.39, 0.29) is 28.8 Å². The highest BCUT2D eigenvalue weighted by atomic mass is 35.5. The lowest BCUT2D eigenvalue weighted by atomic mass is 10.0. The van der Waals surface area contributed by atoms with Crippen LogP contribution in [0.5, 0.6) is 5.75 Å². The van der Waals surface area contributed by atoms with E-state index in [2.05, 4.69) is 15.1 Å². The molecule has 188 valence electrons. The summed E-state index contributed by atoms with van der Waals surface area (Å²) in [4.78, 5) is 24.0. The minimum Gasteiger partial charge on any atom is -0.491 e. The van der Waals surface area contributed by atoms with Crippen LogP contribution in [-0.2, 0) is 13.2 Å². The second-order valence-corrected chi connectivity index (χ2v) is 9.00. The molecule has 37 heavy (non-hydrogen) atoms. The van der Waals surface area contributed by atoms with Crippen LogP contribution in [0, 0.1) is 0 Å². The molecule has 1 amide bonds. The number of benzene rings is 2. The number of hydrogen-bond acceptors (Lipinski definition) is 6. The number of nitrogens with two attached hydrogens (primary N) is 1. The third kappa shape index (κ3) is 3.71. The van der Waals surface area contributed by atoms with Crippen molar-refractivity contribution in [1.29, 1.82) is 0 Å². The third-order valence-electron chi connectivity index (χ3n) is 6.29. The summed E-state index contributed by atoms with van der Waals surface area (Å²) in [5.41, 5.74) is 7.79. The molecule has 0 aliphatic carbocycles. The van der Waals surface area contributed by atoms with Gasteiger partial charge in [0.1, 0.15) is 23.7 Å². The van der Waals surface area contributed by atoms with Gasteiger partial charge in [-0.25, -0.2) is 9.97 Å². The predicted octanol–water partition coefficient (Wildman–Crippen LogP) is 4.65. The first kappa shape index (κ1) is 23.1. The van der Waals surface area contributed by atoms with Gasteiger partial charge in [-0.3, -0.25) is 18.8 Å². The van der Waals surface area contributed by atoms with Crippen molar-refractivity contribution in [3.63, 3.8) is 0 Å². The average molecular weight is 528 g/mol. The van der Waals surface area contributed by atoms with E-state index in [0.29, 0.717) is 27.8 Å². The van der Waals surface area contributed by atoms with Crippen molar-refractivity contribution >= 4 is 45.6 Å². The number of carbonyl (C=O) groups excluding carboxylic acids is 1. The molecule has 9 nitrogen and oxygen atoms in total. The van der Waals surface area contributed by atoms with Crippen LogP contribution >= 0.6 is 11.6 Å². The number of hydrogen-bond donors (Lipinski definition) is 1. The number of aryl methyl sites for hydroxylation is 1. The number of aromatic nitrogens is 5. The number of anilines is 2. The van der Waals surface area contributed by atoms with Crippen LogP contribution in [0.2, 0.25) is 5.02 Å². The van der Waals surface area contributed by atoms with E-state index < -0.39 is 23.7 Å². The predicted molar refractivity (Wildman–Crippen MR) is 130 cm³/mol. The largest absolute Gasteiger partial charge is 0.491 e. The maximum absolute atomic E-state index is 14.1. The van der Waals surface area contributed by atoms with Gasteiger partial charge >= 0.3 is 6.18 Å². The molecule has 6 rings (SSSR count). The average Bonchev–Trinajstić information content (AvgIpc) is 3.59. The normalized spacial score (nSPS) is 15.2. The summed E-state index contributed by atoms with van der Waals surface area (Å²) in [6, 6.07) is 5.65. The molecule has 0 unspecified atom stereocenters. The zero-order chi connectivity index (χ0) is 26.1. The van der Waals surface area contributed by atoms with E-state index in [0.717, 1.165) is 12.1 Å². The monoisotopic (exact) mass is 527 g/mol. The molecule has 13 heteroatoms. The molecule has 0 saturated heterocycles. The van der Waals surface area contributed by atoms with Gasteiger partial charge in [0.15, 0.2) is 0 Å². The zero-order valence-corrected chi connectivity index (χ0v) is 19.8. The van der Waals surface area contributed by atoms with E-state index in [1.807, 2.05) is 0 Å². The van der Waals surface area contributed by atoms with Crippen LogP contribution in [-0.4, -0.2) is 36.7 Å². The Morgan fingerprint density at radius 2 is 2.03 bits per heavy atom. The summed E-state index contributed by atoms with van der Waals surface area (Å²) in [5, 5.41) is 4.30. The number of nitrogen functional groups attached to an aromatic ring is 1. The number of carbonyl (C=O) groups is 1. The lowest BCUT2D eigenvalue weighted by molar-refractivity contribution is -0.137. The second kappa shape index (κ2) is 8.10. The number of imidazole rings is 1. The van der Waals surface area contributed by atoms with Gasteiger partial charge in [0.05, 0.1) is 57.6 Å². The third-order valence-corrected chi connectivity index (χ3v) is 6.61. The zero-order valence-electron chi connectivity index (χ0n) is 19.1. The van der Waals surface area contributed by atoms with E-state index in [1.165, 1.54) is 27.9 Å². The Balaban J connectivity index is 1.49. The second-order valence-electron chi connectivity index (χ2n) is 8.59. The fraction of sp³-hybridized carbons (Fsp3) is 0.167. The highest BCUT2D eigenvalue weighted by molar-refractivity contribution is 6.35. The molecule has 0 radical (unpaired) electrons. The van der Waals surface area contributed by atoms with E-state index in [4.69, 9.17) is 22.1 Å². The standard InChI is InChI=1S/C24H17ClF3N7O2/c1-33-9-13(7-31-33)35(20-10-37-21-4-12(24(26,27)28)2-3-14(20)21)23(36)15-5-18-17(6-16(15)25)32-22(29)19-8-30-11-34(18)19/h2-9,11,20H,10H2,1H3,(H2,29,32)/t20-/m1/s1. The van der Waals surface area contributed by atoms with Crippen LogP contribution < -0.4 is 15.4 Å². The van der Waals surface area contributed by atoms with Gasteiger partial charge in [0.25, 0.3) is 5.91 Å². The van der Waals surface area contributed by atoms with Crippen LogP contribution in [0.4, 0.5) is 24.7 Å². The van der Waals surface area contributed by atoms with Gasteiger partial charge in [0.2, 0.25) is 0 Å². The summed E-state index contributed by atoms with van der Waals surface area (Å²) in [6.07, 6.45) is 1.71. The van der Waals surface area contributed by atoms with Gasteiger partial charge in [-0.15, -0.1) is 0 Å². The molecule has 4 heterocycles. The fourth-order valence-corrected chi connectivity index (χ4v) is 4.78. The molecule has 2 aromatic carbocycles. The van der Waals surface area contributed by atoms with Crippen molar-refractivity contribution in [1.82, 2.24) is 24.1 Å². The van der Waals surface area contributed by atoms with Crippen LogP contribution in [0.25, 0.3) is 16.6 Å². The number of nitrogens with zero attached hydrogens (tertiary/aromatic N) is 6. The number of amides is 1. The van der Waals surface area contributed by atoms with Crippen LogP contribution in [0.3, 0.4) is 0 Å². The summed E-state index contributed by atoms with van der Waals surface area (Å²) in [5.74, 6) is -0.174. The Kier molecular flexibility index (Phi) is 5.06. The van der Waals surface area contributed by atoms with Crippen molar-refractivity contribution in [2.45, 2.75) is 12.2 Å².